The molecule has 2 nitrogen and oxygen atoms in total. The largest absolute Gasteiger partial charge is 0.309 e. The first-order valence-corrected chi connectivity index (χ1v) is 7.36. The minimum absolute atomic E-state index is 0.125. The van der Waals surface area contributed by atoms with Crippen molar-refractivity contribution in [2.45, 2.75) is 13.0 Å². The van der Waals surface area contributed by atoms with Gasteiger partial charge < -0.3 is 5.32 Å². The Morgan fingerprint density at radius 1 is 1.38 bits per heavy atom. The molecular formula is C12H16ClNOS. The van der Waals surface area contributed by atoms with Gasteiger partial charge in [0.1, 0.15) is 0 Å². The van der Waals surface area contributed by atoms with Crippen LogP contribution in [0.5, 0.6) is 0 Å². The summed E-state index contributed by atoms with van der Waals surface area (Å²) in [5.74, 6) is 1.91. The van der Waals surface area contributed by atoms with E-state index in [2.05, 4.69) is 12.2 Å². The van der Waals surface area contributed by atoms with E-state index in [0.717, 1.165) is 22.9 Å². The molecule has 1 aromatic carbocycles. The van der Waals surface area contributed by atoms with E-state index in [4.69, 9.17) is 11.6 Å². The van der Waals surface area contributed by atoms with E-state index < -0.39 is 10.8 Å². The summed E-state index contributed by atoms with van der Waals surface area (Å²) < 4.78 is 11.8. The zero-order valence-electron chi connectivity index (χ0n) is 9.28. The maximum atomic E-state index is 11.8. The van der Waals surface area contributed by atoms with Crippen LogP contribution in [0, 0.1) is 5.92 Å². The molecule has 1 aliphatic heterocycles. The van der Waals surface area contributed by atoms with Gasteiger partial charge in [-0.25, -0.2) is 0 Å². The van der Waals surface area contributed by atoms with E-state index in [1.165, 1.54) is 0 Å². The first-order valence-electron chi connectivity index (χ1n) is 5.49. The minimum atomic E-state index is -0.748. The van der Waals surface area contributed by atoms with Crippen LogP contribution in [-0.2, 0) is 10.8 Å². The monoisotopic (exact) mass is 257 g/mol. The summed E-state index contributed by atoms with van der Waals surface area (Å²) in [7, 11) is -0.748. The highest BCUT2D eigenvalue weighted by Gasteiger charge is 2.22. The molecular weight excluding hydrogens is 242 g/mol. The number of rotatable bonds is 1. The summed E-state index contributed by atoms with van der Waals surface area (Å²) in [6.07, 6.45) is 0. The fourth-order valence-corrected chi connectivity index (χ4v) is 3.82. The topological polar surface area (TPSA) is 29.1 Å². The van der Waals surface area contributed by atoms with Crippen molar-refractivity contribution in [1.29, 1.82) is 0 Å². The molecule has 16 heavy (non-hydrogen) atoms. The predicted octanol–water partition coefficient (Wildman–Crippen LogP) is 2.37. The van der Waals surface area contributed by atoms with Crippen molar-refractivity contribution >= 4 is 22.4 Å². The van der Waals surface area contributed by atoms with E-state index >= 15 is 0 Å². The summed E-state index contributed by atoms with van der Waals surface area (Å²) in [4.78, 5) is 0. The summed E-state index contributed by atoms with van der Waals surface area (Å²) in [5.41, 5.74) is 1.06. The van der Waals surface area contributed by atoms with Crippen molar-refractivity contribution in [3.63, 3.8) is 0 Å². The van der Waals surface area contributed by atoms with Crippen LogP contribution < -0.4 is 5.32 Å². The van der Waals surface area contributed by atoms with Crippen molar-refractivity contribution in [2.24, 2.45) is 5.92 Å². The van der Waals surface area contributed by atoms with Crippen LogP contribution in [-0.4, -0.2) is 22.3 Å². The summed E-state index contributed by atoms with van der Waals surface area (Å²) in [6, 6.07) is 7.91. The molecule has 1 heterocycles. The van der Waals surface area contributed by atoms with Gasteiger partial charge in [-0.05, 0) is 24.1 Å². The van der Waals surface area contributed by atoms with Gasteiger partial charge in [0, 0.05) is 33.4 Å². The average Bonchev–Trinajstić information content (AvgIpc) is 2.40. The van der Waals surface area contributed by atoms with Gasteiger partial charge in [-0.15, -0.1) is 0 Å². The fourth-order valence-electron chi connectivity index (χ4n) is 1.99. The molecule has 0 radical (unpaired) electrons. The van der Waals surface area contributed by atoms with Gasteiger partial charge in [0.05, 0.1) is 0 Å². The van der Waals surface area contributed by atoms with Crippen LogP contribution >= 0.6 is 11.6 Å². The normalized spacial score (nSPS) is 31.0. The summed E-state index contributed by atoms with van der Waals surface area (Å²) in [6.45, 7) is 3.03. The molecule has 1 N–H and O–H groups in total. The molecule has 3 atom stereocenters. The lowest BCUT2D eigenvalue weighted by atomic mass is 10.1. The summed E-state index contributed by atoms with van der Waals surface area (Å²) >= 11 is 6.16. The van der Waals surface area contributed by atoms with Gasteiger partial charge in [0.25, 0.3) is 0 Å². The van der Waals surface area contributed by atoms with E-state index in [1.54, 1.807) is 0 Å². The van der Waals surface area contributed by atoms with Gasteiger partial charge in [-0.3, -0.25) is 4.21 Å². The Morgan fingerprint density at radius 2 is 2.12 bits per heavy atom. The molecule has 0 spiro atoms. The van der Waals surface area contributed by atoms with Crippen LogP contribution in [0.4, 0.5) is 0 Å². The number of benzene rings is 1. The van der Waals surface area contributed by atoms with Crippen LogP contribution in [0.1, 0.15) is 18.5 Å². The van der Waals surface area contributed by atoms with Crippen molar-refractivity contribution in [2.75, 3.05) is 18.1 Å². The highest BCUT2D eigenvalue weighted by molar-refractivity contribution is 7.85. The Labute approximate surface area is 104 Å². The molecule has 88 valence electrons. The predicted molar refractivity (Wildman–Crippen MR) is 69.2 cm³/mol. The molecule has 1 saturated heterocycles. The second-order valence-corrected chi connectivity index (χ2v) is 6.31. The Kier molecular flexibility index (Phi) is 4.00. The third-order valence-electron chi connectivity index (χ3n) is 2.82. The standard InChI is InChI=1S/C12H16ClNOS/c1-9-6-14-12(8-16(15)7-9)10-4-2-3-5-11(10)13/h2-5,9,12,14H,6-8H2,1H3. The van der Waals surface area contributed by atoms with Crippen LogP contribution in [0.25, 0.3) is 0 Å². The van der Waals surface area contributed by atoms with Crippen LogP contribution in [0.15, 0.2) is 24.3 Å². The van der Waals surface area contributed by atoms with Crippen molar-refractivity contribution in [1.82, 2.24) is 5.32 Å². The molecule has 1 aliphatic rings. The van der Waals surface area contributed by atoms with Crippen molar-refractivity contribution in [3.05, 3.63) is 34.9 Å². The first-order chi connectivity index (χ1) is 7.66. The molecule has 3 unspecified atom stereocenters. The van der Waals surface area contributed by atoms with Gasteiger partial charge in [0.15, 0.2) is 0 Å². The lowest BCUT2D eigenvalue weighted by molar-refractivity contribution is 0.518. The minimum Gasteiger partial charge on any atom is -0.309 e. The van der Waals surface area contributed by atoms with E-state index in [-0.39, 0.29) is 6.04 Å². The SMILES string of the molecule is CC1CNC(c2ccccc2Cl)CS(=O)C1. The maximum Gasteiger partial charge on any atom is 0.0454 e. The van der Waals surface area contributed by atoms with E-state index in [9.17, 15) is 4.21 Å². The fraction of sp³-hybridized carbons (Fsp3) is 0.500. The average molecular weight is 258 g/mol. The highest BCUT2D eigenvalue weighted by Crippen LogP contribution is 2.25. The van der Waals surface area contributed by atoms with Gasteiger partial charge in [0.2, 0.25) is 0 Å². The van der Waals surface area contributed by atoms with Crippen molar-refractivity contribution < 1.29 is 4.21 Å². The Bertz CT molecular complexity index is 396. The number of nitrogens with one attached hydrogen (secondary N) is 1. The number of hydrogen-bond donors (Lipinski definition) is 1. The molecule has 1 aromatic rings. The molecule has 1 fully saturated rings. The highest BCUT2D eigenvalue weighted by atomic mass is 35.5. The quantitative estimate of drug-likeness (QED) is 0.837. The lowest BCUT2D eigenvalue weighted by Crippen LogP contribution is -2.26. The molecule has 0 aromatic heterocycles. The first kappa shape index (κ1) is 12.1. The second kappa shape index (κ2) is 5.30. The third kappa shape index (κ3) is 2.84. The van der Waals surface area contributed by atoms with E-state index in [1.807, 2.05) is 24.3 Å². The van der Waals surface area contributed by atoms with Crippen molar-refractivity contribution in [3.8, 4) is 0 Å². The molecule has 2 rings (SSSR count). The lowest BCUT2D eigenvalue weighted by Gasteiger charge is -2.17. The van der Waals surface area contributed by atoms with Gasteiger partial charge in [-0.1, -0.05) is 36.7 Å². The molecule has 0 aliphatic carbocycles. The molecule has 0 bridgehead atoms. The Balaban J connectivity index is 2.21. The Hall–Kier alpha value is -0.380. The number of hydrogen-bond acceptors (Lipinski definition) is 2. The van der Waals surface area contributed by atoms with Crippen LogP contribution in [0.2, 0.25) is 5.02 Å². The molecule has 4 heteroatoms. The third-order valence-corrected chi connectivity index (χ3v) is 4.81. The second-order valence-electron chi connectivity index (χ2n) is 4.36. The van der Waals surface area contributed by atoms with Gasteiger partial charge in [-0.2, -0.15) is 0 Å². The van der Waals surface area contributed by atoms with Gasteiger partial charge >= 0.3 is 0 Å². The maximum absolute atomic E-state index is 11.8. The number of halogens is 1. The van der Waals surface area contributed by atoms with E-state index in [0.29, 0.717) is 11.7 Å². The zero-order valence-corrected chi connectivity index (χ0v) is 10.9. The zero-order chi connectivity index (χ0) is 11.5. The Morgan fingerprint density at radius 3 is 2.88 bits per heavy atom. The molecule has 0 amide bonds. The summed E-state index contributed by atoms with van der Waals surface area (Å²) in [5, 5.41) is 4.20. The smallest absolute Gasteiger partial charge is 0.0454 e. The molecule has 0 saturated carbocycles. The van der Waals surface area contributed by atoms with Crippen LogP contribution in [0.3, 0.4) is 0 Å².